The number of carbonyl (C=O) groups is 1. The van der Waals surface area contributed by atoms with Crippen molar-refractivity contribution in [1.29, 1.82) is 5.26 Å². The molecule has 1 aromatic rings. The summed E-state index contributed by atoms with van der Waals surface area (Å²) in [5, 5.41) is 8.74. The van der Waals surface area contributed by atoms with Gasteiger partial charge in [0.05, 0.1) is 18.7 Å². The summed E-state index contributed by atoms with van der Waals surface area (Å²) in [4.78, 5) is 11.4. The molecule has 0 aliphatic carbocycles. The molecule has 1 aromatic carbocycles. The molecule has 90 valence electrons. The predicted molar refractivity (Wildman–Crippen MR) is 63.0 cm³/mol. The van der Waals surface area contributed by atoms with E-state index in [-0.39, 0.29) is 18.3 Å². The van der Waals surface area contributed by atoms with Crippen molar-refractivity contribution in [2.75, 3.05) is 13.7 Å². The normalized spacial score (nSPS) is 9.82. The maximum absolute atomic E-state index is 11.4. The number of rotatable bonds is 5. The summed E-state index contributed by atoms with van der Waals surface area (Å²) in [5.74, 6) is 0.900. The third-order valence-electron chi connectivity index (χ3n) is 2.31. The molecule has 4 nitrogen and oxygen atoms in total. The maximum Gasteiger partial charge on any atom is 0.172 e. The molecule has 1 rings (SSSR count). The van der Waals surface area contributed by atoms with Crippen LogP contribution in [0.25, 0.3) is 0 Å². The highest BCUT2D eigenvalue weighted by Crippen LogP contribution is 2.27. The fourth-order valence-electron chi connectivity index (χ4n) is 1.17. The van der Waals surface area contributed by atoms with Gasteiger partial charge in [-0.1, -0.05) is 13.8 Å². The van der Waals surface area contributed by atoms with Gasteiger partial charge in [0.25, 0.3) is 0 Å². The van der Waals surface area contributed by atoms with Gasteiger partial charge in [-0.25, -0.2) is 0 Å². The van der Waals surface area contributed by atoms with E-state index >= 15 is 0 Å². The van der Waals surface area contributed by atoms with E-state index in [1.54, 1.807) is 18.2 Å². The van der Waals surface area contributed by atoms with Gasteiger partial charge in [-0.3, -0.25) is 4.79 Å². The Morgan fingerprint density at radius 1 is 1.41 bits per heavy atom. The molecule has 0 saturated heterocycles. The van der Waals surface area contributed by atoms with Crippen LogP contribution in [-0.2, 0) is 4.79 Å². The Balaban J connectivity index is 2.78. The lowest BCUT2D eigenvalue weighted by Gasteiger charge is -2.11. The average molecular weight is 233 g/mol. The van der Waals surface area contributed by atoms with Crippen molar-refractivity contribution >= 4 is 5.78 Å². The molecule has 0 fully saturated rings. The van der Waals surface area contributed by atoms with Crippen molar-refractivity contribution in [3.05, 3.63) is 23.8 Å². The molecule has 0 bridgehead atoms. The molecule has 4 heteroatoms. The second-order valence-electron chi connectivity index (χ2n) is 3.89. The van der Waals surface area contributed by atoms with E-state index in [2.05, 4.69) is 0 Å². The fraction of sp³-hybridized carbons (Fsp3) is 0.385. The van der Waals surface area contributed by atoms with Gasteiger partial charge in [0.15, 0.2) is 17.3 Å². The molecule has 0 heterocycles. The number of Topliss-reactive ketones (excluding diaryl/α,β-unsaturated/α-hetero) is 1. The molecular formula is C13H15NO3. The van der Waals surface area contributed by atoms with Gasteiger partial charge in [0, 0.05) is 12.0 Å². The van der Waals surface area contributed by atoms with E-state index in [1.165, 1.54) is 7.11 Å². The van der Waals surface area contributed by atoms with Crippen LogP contribution in [-0.4, -0.2) is 19.5 Å². The monoisotopic (exact) mass is 233 g/mol. The van der Waals surface area contributed by atoms with Crippen LogP contribution in [0.15, 0.2) is 18.2 Å². The summed E-state index contributed by atoms with van der Waals surface area (Å²) in [6.07, 6.45) is 0. The SMILES string of the molecule is COc1cc(C#N)ccc1OCC(=O)C(C)C. The Bertz CT molecular complexity index is 446. The first kappa shape index (κ1) is 13.0. The molecule has 0 unspecified atom stereocenters. The maximum atomic E-state index is 11.4. The average Bonchev–Trinajstić information content (AvgIpc) is 2.35. The first-order chi connectivity index (χ1) is 8.08. The second-order valence-corrected chi connectivity index (χ2v) is 3.89. The number of hydrogen-bond acceptors (Lipinski definition) is 4. The van der Waals surface area contributed by atoms with Gasteiger partial charge in [0.2, 0.25) is 0 Å². The summed E-state index contributed by atoms with van der Waals surface area (Å²) in [6.45, 7) is 3.66. The largest absolute Gasteiger partial charge is 0.493 e. The Hall–Kier alpha value is -2.02. The van der Waals surface area contributed by atoms with E-state index in [0.29, 0.717) is 17.1 Å². The second kappa shape index (κ2) is 5.90. The van der Waals surface area contributed by atoms with E-state index in [9.17, 15) is 4.79 Å². The van der Waals surface area contributed by atoms with Gasteiger partial charge in [0.1, 0.15) is 6.61 Å². The molecular weight excluding hydrogens is 218 g/mol. The van der Waals surface area contributed by atoms with Crippen molar-refractivity contribution in [2.45, 2.75) is 13.8 Å². The molecule has 0 saturated carbocycles. The Kier molecular flexibility index (Phi) is 4.53. The highest BCUT2D eigenvalue weighted by Gasteiger charge is 2.11. The molecule has 0 amide bonds. The minimum atomic E-state index is -0.0561. The Morgan fingerprint density at radius 2 is 2.12 bits per heavy atom. The molecule has 0 N–H and O–H groups in total. The molecule has 0 radical (unpaired) electrons. The highest BCUT2D eigenvalue weighted by molar-refractivity contribution is 5.81. The predicted octanol–water partition coefficient (Wildman–Crippen LogP) is 2.17. The van der Waals surface area contributed by atoms with Crippen LogP contribution >= 0.6 is 0 Å². The molecule has 0 aromatic heterocycles. The Labute approximate surface area is 101 Å². The summed E-state index contributed by atoms with van der Waals surface area (Å²) in [5.41, 5.74) is 0.490. The quantitative estimate of drug-likeness (QED) is 0.782. The lowest BCUT2D eigenvalue weighted by Crippen LogP contribution is -2.17. The highest BCUT2D eigenvalue weighted by atomic mass is 16.5. The summed E-state index contributed by atoms with van der Waals surface area (Å²) in [6, 6.07) is 6.84. The lowest BCUT2D eigenvalue weighted by molar-refractivity contribution is -0.123. The van der Waals surface area contributed by atoms with E-state index in [1.807, 2.05) is 19.9 Å². The number of hydrogen-bond donors (Lipinski definition) is 0. The number of methoxy groups -OCH3 is 1. The van der Waals surface area contributed by atoms with E-state index < -0.39 is 0 Å². The number of benzene rings is 1. The van der Waals surface area contributed by atoms with E-state index in [0.717, 1.165) is 0 Å². The van der Waals surface area contributed by atoms with Gasteiger partial charge in [-0.15, -0.1) is 0 Å². The number of nitriles is 1. The van der Waals surface area contributed by atoms with Crippen LogP contribution in [0.5, 0.6) is 11.5 Å². The summed E-state index contributed by atoms with van der Waals surface area (Å²) in [7, 11) is 1.49. The van der Waals surface area contributed by atoms with Crippen LogP contribution in [0.2, 0.25) is 0 Å². The van der Waals surface area contributed by atoms with Crippen molar-refractivity contribution in [3.8, 4) is 17.6 Å². The third-order valence-corrected chi connectivity index (χ3v) is 2.31. The Morgan fingerprint density at radius 3 is 2.65 bits per heavy atom. The molecule has 0 aliphatic rings. The van der Waals surface area contributed by atoms with Crippen LogP contribution in [0, 0.1) is 17.2 Å². The smallest absolute Gasteiger partial charge is 0.172 e. The number of nitrogens with zero attached hydrogens (tertiary/aromatic N) is 1. The van der Waals surface area contributed by atoms with Gasteiger partial charge < -0.3 is 9.47 Å². The van der Waals surface area contributed by atoms with Crippen LogP contribution in [0.4, 0.5) is 0 Å². The molecule has 17 heavy (non-hydrogen) atoms. The van der Waals surface area contributed by atoms with Crippen molar-refractivity contribution in [1.82, 2.24) is 0 Å². The fourth-order valence-corrected chi connectivity index (χ4v) is 1.17. The van der Waals surface area contributed by atoms with Gasteiger partial charge in [-0.05, 0) is 12.1 Å². The zero-order chi connectivity index (χ0) is 12.8. The van der Waals surface area contributed by atoms with E-state index in [4.69, 9.17) is 14.7 Å². The standard InChI is InChI=1S/C13H15NO3/c1-9(2)11(15)8-17-12-5-4-10(7-14)6-13(12)16-3/h4-6,9H,8H2,1-3H3. The summed E-state index contributed by atoms with van der Waals surface area (Å²) < 4.78 is 10.5. The van der Waals surface area contributed by atoms with Crippen LogP contribution in [0.1, 0.15) is 19.4 Å². The first-order valence-corrected chi connectivity index (χ1v) is 5.32. The van der Waals surface area contributed by atoms with Crippen molar-refractivity contribution in [2.24, 2.45) is 5.92 Å². The van der Waals surface area contributed by atoms with Crippen LogP contribution < -0.4 is 9.47 Å². The topological polar surface area (TPSA) is 59.3 Å². The summed E-state index contributed by atoms with van der Waals surface area (Å²) >= 11 is 0. The number of ether oxygens (including phenoxy) is 2. The van der Waals surface area contributed by atoms with Crippen molar-refractivity contribution < 1.29 is 14.3 Å². The third kappa shape index (κ3) is 3.49. The minimum absolute atomic E-state index is 0.0138. The van der Waals surface area contributed by atoms with Gasteiger partial charge >= 0.3 is 0 Å². The molecule has 0 spiro atoms. The zero-order valence-electron chi connectivity index (χ0n) is 10.2. The van der Waals surface area contributed by atoms with Crippen LogP contribution in [0.3, 0.4) is 0 Å². The molecule has 0 aliphatic heterocycles. The zero-order valence-corrected chi connectivity index (χ0v) is 10.2. The minimum Gasteiger partial charge on any atom is -0.493 e. The first-order valence-electron chi connectivity index (χ1n) is 5.32. The molecule has 0 atom stereocenters. The lowest BCUT2D eigenvalue weighted by atomic mass is 10.1. The van der Waals surface area contributed by atoms with Gasteiger partial charge in [-0.2, -0.15) is 5.26 Å². The number of ketones is 1. The number of carbonyl (C=O) groups excluding carboxylic acids is 1. The van der Waals surface area contributed by atoms with Crippen molar-refractivity contribution in [3.63, 3.8) is 0 Å².